The molecule has 6 heteroatoms. The van der Waals surface area contributed by atoms with Crippen LogP contribution in [-0.2, 0) is 9.59 Å². The molecule has 0 saturated heterocycles. The molecule has 0 aliphatic heterocycles. The summed E-state index contributed by atoms with van der Waals surface area (Å²) in [7, 11) is 0. The number of hydrogen-bond acceptors (Lipinski definition) is 4. The Labute approximate surface area is 140 Å². The largest absolute Gasteiger partial charge is 0.494 e. The molecule has 0 unspecified atom stereocenters. The van der Waals surface area contributed by atoms with E-state index in [1.807, 2.05) is 19.9 Å². The van der Waals surface area contributed by atoms with Gasteiger partial charge in [0.1, 0.15) is 5.75 Å². The van der Waals surface area contributed by atoms with Crippen molar-refractivity contribution in [2.24, 2.45) is 5.10 Å². The molecule has 24 heavy (non-hydrogen) atoms. The van der Waals surface area contributed by atoms with Crippen LogP contribution in [0.3, 0.4) is 0 Å². The van der Waals surface area contributed by atoms with Gasteiger partial charge < -0.3 is 10.1 Å². The molecule has 2 amide bonds. The van der Waals surface area contributed by atoms with Gasteiger partial charge in [0.05, 0.1) is 12.8 Å². The van der Waals surface area contributed by atoms with Crippen LogP contribution >= 0.6 is 0 Å². The average molecular weight is 325 g/mol. The summed E-state index contributed by atoms with van der Waals surface area (Å²) in [6.07, 6.45) is 1.45. The molecule has 6 nitrogen and oxygen atoms in total. The van der Waals surface area contributed by atoms with Crippen LogP contribution in [-0.4, -0.2) is 24.6 Å². The molecule has 0 spiro atoms. The normalized spacial score (nSPS) is 10.4. The minimum atomic E-state index is -0.835. The molecule has 2 rings (SSSR count). The third-order valence-corrected chi connectivity index (χ3v) is 3.05. The number of rotatable bonds is 5. The Bertz CT molecular complexity index is 739. The van der Waals surface area contributed by atoms with Crippen LogP contribution in [0.2, 0.25) is 0 Å². The van der Waals surface area contributed by atoms with E-state index in [1.54, 1.807) is 42.5 Å². The van der Waals surface area contributed by atoms with E-state index in [4.69, 9.17) is 4.74 Å². The molecule has 0 aliphatic carbocycles. The quantitative estimate of drug-likeness (QED) is 0.503. The minimum absolute atomic E-state index is 0.561. The van der Waals surface area contributed by atoms with Gasteiger partial charge in [-0.05, 0) is 61.4 Å². The maximum absolute atomic E-state index is 11.8. The fourth-order valence-corrected chi connectivity index (χ4v) is 1.94. The van der Waals surface area contributed by atoms with Crippen LogP contribution in [0.4, 0.5) is 5.69 Å². The van der Waals surface area contributed by atoms with Gasteiger partial charge in [0, 0.05) is 5.69 Å². The molecule has 0 aliphatic rings. The first-order valence-corrected chi connectivity index (χ1v) is 7.52. The highest BCUT2D eigenvalue weighted by Gasteiger charge is 2.12. The Hall–Kier alpha value is -3.15. The van der Waals surface area contributed by atoms with Gasteiger partial charge in [-0.25, -0.2) is 5.43 Å². The Morgan fingerprint density at radius 2 is 1.88 bits per heavy atom. The zero-order valence-electron chi connectivity index (χ0n) is 13.6. The summed E-state index contributed by atoms with van der Waals surface area (Å²) in [5, 5.41) is 6.28. The summed E-state index contributed by atoms with van der Waals surface area (Å²) in [5.74, 6) is -0.848. The maximum atomic E-state index is 11.8. The lowest BCUT2D eigenvalue weighted by molar-refractivity contribution is -0.136. The average Bonchev–Trinajstić information content (AvgIpc) is 2.56. The number of anilines is 1. The molecule has 2 aromatic carbocycles. The number of nitrogens with one attached hydrogen (secondary N) is 2. The molecule has 2 N–H and O–H groups in total. The Morgan fingerprint density at radius 3 is 2.54 bits per heavy atom. The first-order valence-electron chi connectivity index (χ1n) is 7.52. The lowest BCUT2D eigenvalue weighted by Crippen LogP contribution is -2.32. The van der Waals surface area contributed by atoms with Crippen molar-refractivity contribution in [1.29, 1.82) is 0 Å². The van der Waals surface area contributed by atoms with Gasteiger partial charge in [0.25, 0.3) is 0 Å². The van der Waals surface area contributed by atoms with Crippen LogP contribution in [0.1, 0.15) is 18.1 Å². The second-order valence-corrected chi connectivity index (χ2v) is 5.02. The summed E-state index contributed by atoms with van der Waals surface area (Å²) in [4.78, 5) is 23.5. The molecular weight excluding hydrogens is 306 g/mol. The Balaban J connectivity index is 1.86. The van der Waals surface area contributed by atoms with Crippen molar-refractivity contribution in [1.82, 2.24) is 5.43 Å². The van der Waals surface area contributed by atoms with Gasteiger partial charge in [-0.1, -0.05) is 12.1 Å². The summed E-state index contributed by atoms with van der Waals surface area (Å²) in [6, 6.07) is 14.4. The Morgan fingerprint density at radius 1 is 1.12 bits per heavy atom. The van der Waals surface area contributed by atoms with Gasteiger partial charge in [-0.15, -0.1) is 0 Å². The SMILES string of the molecule is CCOc1ccc(/C=N/NC(=O)C(=O)Nc2cccc(C)c2)cc1. The number of carbonyl (C=O) groups excluding carboxylic acids is 2. The van der Waals surface area contributed by atoms with E-state index in [0.29, 0.717) is 12.3 Å². The number of benzene rings is 2. The topological polar surface area (TPSA) is 79.8 Å². The van der Waals surface area contributed by atoms with Crippen molar-refractivity contribution in [3.8, 4) is 5.75 Å². The van der Waals surface area contributed by atoms with Gasteiger partial charge in [-0.2, -0.15) is 5.10 Å². The van der Waals surface area contributed by atoms with Gasteiger partial charge in [-0.3, -0.25) is 9.59 Å². The lowest BCUT2D eigenvalue weighted by Gasteiger charge is -2.04. The lowest BCUT2D eigenvalue weighted by atomic mass is 10.2. The zero-order chi connectivity index (χ0) is 17.4. The van der Waals surface area contributed by atoms with E-state index in [9.17, 15) is 9.59 Å². The second kappa shape index (κ2) is 8.47. The number of aryl methyl sites for hydroxylation is 1. The Kier molecular flexibility index (Phi) is 6.08. The van der Waals surface area contributed by atoms with Crippen LogP contribution in [0, 0.1) is 6.92 Å². The third-order valence-electron chi connectivity index (χ3n) is 3.05. The predicted molar refractivity (Wildman–Crippen MR) is 93.2 cm³/mol. The van der Waals surface area contributed by atoms with E-state index >= 15 is 0 Å². The van der Waals surface area contributed by atoms with E-state index < -0.39 is 11.8 Å². The van der Waals surface area contributed by atoms with Crippen molar-refractivity contribution in [2.45, 2.75) is 13.8 Å². The summed E-state index contributed by atoms with van der Waals surface area (Å²) in [5.41, 5.74) is 4.52. The standard InChI is InChI=1S/C18H19N3O3/c1-3-24-16-9-7-14(8-10-16)12-19-21-18(23)17(22)20-15-6-4-5-13(2)11-15/h4-12H,3H2,1-2H3,(H,20,22)(H,21,23)/b19-12+. The van der Waals surface area contributed by atoms with E-state index in [0.717, 1.165) is 16.9 Å². The minimum Gasteiger partial charge on any atom is -0.494 e. The first-order chi connectivity index (χ1) is 11.6. The van der Waals surface area contributed by atoms with Crippen molar-refractivity contribution in [3.63, 3.8) is 0 Å². The van der Waals surface area contributed by atoms with Crippen LogP contribution in [0.25, 0.3) is 0 Å². The number of hydrazone groups is 1. The molecule has 124 valence electrons. The highest BCUT2D eigenvalue weighted by atomic mass is 16.5. The molecule has 0 fully saturated rings. The molecule has 0 radical (unpaired) electrons. The maximum Gasteiger partial charge on any atom is 0.329 e. The second-order valence-electron chi connectivity index (χ2n) is 5.02. The summed E-state index contributed by atoms with van der Waals surface area (Å²) < 4.78 is 5.33. The van der Waals surface area contributed by atoms with Crippen LogP contribution < -0.4 is 15.5 Å². The van der Waals surface area contributed by atoms with E-state index in [1.165, 1.54) is 6.21 Å². The number of carbonyl (C=O) groups is 2. The summed E-state index contributed by atoms with van der Waals surface area (Å²) >= 11 is 0. The number of amides is 2. The van der Waals surface area contributed by atoms with Crippen molar-refractivity contribution < 1.29 is 14.3 Å². The number of hydrogen-bond donors (Lipinski definition) is 2. The van der Waals surface area contributed by atoms with Crippen molar-refractivity contribution in [3.05, 3.63) is 59.7 Å². The highest BCUT2D eigenvalue weighted by molar-refractivity contribution is 6.39. The molecule has 0 aromatic heterocycles. The molecule has 0 bridgehead atoms. The smallest absolute Gasteiger partial charge is 0.329 e. The van der Waals surface area contributed by atoms with Gasteiger partial charge >= 0.3 is 11.8 Å². The molecule has 0 atom stereocenters. The fourth-order valence-electron chi connectivity index (χ4n) is 1.94. The monoisotopic (exact) mass is 325 g/mol. The van der Waals surface area contributed by atoms with Crippen molar-refractivity contribution in [2.75, 3.05) is 11.9 Å². The van der Waals surface area contributed by atoms with Crippen LogP contribution in [0.5, 0.6) is 5.75 Å². The molecule has 2 aromatic rings. The first kappa shape index (κ1) is 17.2. The van der Waals surface area contributed by atoms with E-state index in [-0.39, 0.29) is 0 Å². The third kappa shape index (κ3) is 5.24. The van der Waals surface area contributed by atoms with Gasteiger partial charge in [0.15, 0.2) is 0 Å². The van der Waals surface area contributed by atoms with Crippen molar-refractivity contribution >= 4 is 23.7 Å². The number of nitrogens with zero attached hydrogens (tertiary/aromatic N) is 1. The zero-order valence-corrected chi connectivity index (χ0v) is 13.6. The van der Waals surface area contributed by atoms with Gasteiger partial charge in [0.2, 0.25) is 0 Å². The predicted octanol–water partition coefficient (Wildman–Crippen LogP) is 2.48. The number of ether oxygens (including phenoxy) is 1. The fraction of sp³-hybridized carbons (Fsp3) is 0.167. The van der Waals surface area contributed by atoms with E-state index in [2.05, 4.69) is 15.8 Å². The summed E-state index contributed by atoms with van der Waals surface area (Å²) in [6.45, 7) is 4.41. The molecule has 0 saturated carbocycles. The molecule has 0 heterocycles. The highest BCUT2D eigenvalue weighted by Crippen LogP contribution is 2.11. The van der Waals surface area contributed by atoms with Crippen LogP contribution in [0.15, 0.2) is 53.6 Å². The molecular formula is C18H19N3O3.